The number of hydrogen-bond acceptors (Lipinski definition) is 3. The fraction of sp³-hybridized carbons (Fsp3) is 0.529. The first-order valence-electron chi connectivity index (χ1n) is 7.98. The van der Waals surface area contributed by atoms with E-state index < -0.39 is 0 Å². The number of rotatable bonds is 3. The molecule has 1 heterocycles. The zero-order valence-corrected chi connectivity index (χ0v) is 12.6. The minimum Gasteiger partial charge on any atom is -0.493 e. The van der Waals surface area contributed by atoms with E-state index in [0.717, 1.165) is 37.0 Å². The van der Waals surface area contributed by atoms with Gasteiger partial charge in [0.2, 0.25) is 11.8 Å². The molecule has 1 aromatic carbocycles. The summed E-state index contributed by atoms with van der Waals surface area (Å²) in [6.07, 6.45) is 4.28. The molecule has 0 spiro atoms. The van der Waals surface area contributed by atoms with Crippen molar-refractivity contribution in [2.45, 2.75) is 44.1 Å². The summed E-state index contributed by atoms with van der Waals surface area (Å²) in [5, 5.41) is 3.07. The Morgan fingerprint density at radius 1 is 1.14 bits per heavy atom. The van der Waals surface area contributed by atoms with Gasteiger partial charge >= 0.3 is 0 Å². The first kappa shape index (κ1) is 14.9. The first-order valence-corrected chi connectivity index (χ1v) is 7.98. The maximum atomic E-state index is 12.7. The van der Waals surface area contributed by atoms with Crippen LogP contribution >= 0.6 is 0 Å². The van der Waals surface area contributed by atoms with Crippen LogP contribution in [0, 0.1) is 5.92 Å². The van der Waals surface area contributed by atoms with Gasteiger partial charge in [0, 0.05) is 11.6 Å². The van der Waals surface area contributed by atoms with Gasteiger partial charge in [-0.25, -0.2) is 0 Å². The zero-order valence-electron chi connectivity index (χ0n) is 12.6. The number of carbonyl (C=O) groups excluding carboxylic acids is 2. The Hall–Kier alpha value is -2.04. The molecule has 0 saturated heterocycles. The Labute approximate surface area is 130 Å². The fourth-order valence-corrected chi connectivity index (χ4v) is 3.54. The zero-order chi connectivity index (χ0) is 15.5. The van der Waals surface area contributed by atoms with Crippen molar-refractivity contribution in [3.05, 3.63) is 29.8 Å². The number of nitrogens with two attached hydrogens (primary N) is 1. The monoisotopic (exact) mass is 302 g/mol. The summed E-state index contributed by atoms with van der Waals surface area (Å²) < 4.78 is 5.60. The molecule has 1 aromatic rings. The van der Waals surface area contributed by atoms with Gasteiger partial charge in [0.1, 0.15) is 5.75 Å². The van der Waals surface area contributed by atoms with E-state index in [1.165, 1.54) is 0 Å². The fourth-order valence-electron chi connectivity index (χ4n) is 3.54. The number of amides is 2. The Balaban J connectivity index is 1.73. The average molecular weight is 302 g/mol. The van der Waals surface area contributed by atoms with Gasteiger partial charge in [-0.15, -0.1) is 0 Å². The summed E-state index contributed by atoms with van der Waals surface area (Å²) in [6.45, 7) is 0.541. The van der Waals surface area contributed by atoms with Crippen LogP contribution in [-0.4, -0.2) is 24.5 Å². The van der Waals surface area contributed by atoms with Crippen LogP contribution in [0.15, 0.2) is 24.3 Å². The molecule has 0 aromatic heterocycles. The average Bonchev–Trinajstić information content (AvgIpc) is 2.54. The Morgan fingerprint density at radius 2 is 1.91 bits per heavy atom. The highest BCUT2D eigenvalue weighted by molar-refractivity contribution is 5.86. The lowest BCUT2D eigenvalue weighted by Crippen LogP contribution is -2.48. The van der Waals surface area contributed by atoms with Crippen LogP contribution in [0.2, 0.25) is 0 Å². The van der Waals surface area contributed by atoms with Gasteiger partial charge in [-0.05, 0) is 25.3 Å². The van der Waals surface area contributed by atoms with E-state index in [1.54, 1.807) is 0 Å². The summed E-state index contributed by atoms with van der Waals surface area (Å²) in [6, 6.07) is 7.52. The number of para-hydroxylation sites is 1. The van der Waals surface area contributed by atoms with Gasteiger partial charge in [0.25, 0.3) is 0 Å². The molecule has 3 rings (SSSR count). The first-order chi connectivity index (χ1) is 10.7. The molecule has 1 saturated carbocycles. The highest BCUT2D eigenvalue weighted by atomic mass is 16.5. The van der Waals surface area contributed by atoms with Crippen molar-refractivity contribution >= 4 is 11.8 Å². The van der Waals surface area contributed by atoms with Gasteiger partial charge in [-0.1, -0.05) is 31.0 Å². The van der Waals surface area contributed by atoms with Crippen molar-refractivity contribution < 1.29 is 14.3 Å². The summed E-state index contributed by atoms with van der Waals surface area (Å²) >= 11 is 0. The van der Waals surface area contributed by atoms with E-state index >= 15 is 0 Å². The lowest BCUT2D eigenvalue weighted by atomic mass is 9.83. The summed E-state index contributed by atoms with van der Waals surface area (Å²) in [5.41, 5.74) is 6.41. The molecule has 1 aliphatic carbocycles. The molecule has 1 fully saturated rings. The highest BCUT2D eigenvalue weighted by Crippen LogP contribution is 2.34. The van der Waals surface area contributed by atoms with Gasteiger partial charge in [-0.3, -0.25) is 9.59 Å². The molecule has 3 N–H and O–H groups in total. The van der Waals surface area contributed by atoms with E-state index in [1.807, 2.05) is 24.3 Å². The number of ether oxygens (including phenoxy) is 1. The summed E-state index contributed by atoms with van der Waals surface area (Å²) in [4.78, 5) is 24.3. The van der Waals surface area contributed by atoms with Crippen molar-refractivity contribution in [1.29, 1.82) is 0 Å². The summed E-state index contributed by atoms with van der Waals surface area (Å²) in [5.74, 6) is 0.00320. The topological polar surface area (TPSA) is 81.4 Å². The van der Waals surface area contributed by atoms with Crippen LogP contribution < -0.4 is 15.8 Å². The molecule has 0 unspecified atom stereocenters. The van der Waals surface area contributed by atoms with Crippen molar-refractivity contribution in [3.8, 4) is 5.75 Å². The number of carbonyl (C=O) groups is 2. The van der Waals surface area contributed by atoms with Crippen LogP contribution in [0.25, 0.3) is 0 Å². The quantitative estimate of drug-likeness (QED) is 0.892. The van der Waals surface area contributed by atoms with Crippen molar-refractivity contribution in [2.24, 2.45) is 11.7 Å². The van der Waals surface area contributed by atoms with E-state index in [4.69, 9.17) is 10.5 Å². The smallest absolute Gasteiger partial charge is 0.228 e. The maximum Gasteiger partial charge on any atom is 0.228 e. The number of primary amides is 1. The normalized spacial score (nSPS) is 27.4. The third-order valence-corrected chi connectivity index (χ3v) is 4.73. The molecule has 0 bridgehead atoms. The largest absolute Gasteiger partial charge is 0.493 e. The van der Waals surface area contributed by atoms with Gasteiger partial charge < -0.3 is 15.8 Å². The number of fused-ring (bicyclic) bond motifs is 1. The second-order valence-electron chi connectivity index (χ2n) is 6.14. The van der Waals surface area contributed by atoms with Gasteiger partial charge in [0.05, 0.1) is 18.4 Å². The van der Waals surface area contributed by atoms with E-state index in [2.05, 4.69) is 5.32 Å². The molecular formula is C17H22N2O3. The number of benzene rings is 1. The lowest BCUT2D eigenvalue weighted by Gasteiger charge is -2.32. The summed E-state index contributed by atoms with van der Waals surface area (Å²) in [7, 11) is 0. The predicted octanol–water partition coefficient (Wildman–Crippen LogP) is 1.71. The molecule has 5 heteroatoms. The molecule has 118 valence electrons. The third-order valence-electron chi connectivity index (χ3n) is 4.73. The van der Waals surface area contributed by atoms with E-state index in [-0.39, 0.29) is 29.7 Å². The molecule has 0 radical (unpaired) electrons. The lowest BCUT2D eigenvalue weighted by molar-refractivity contribution is -0.127. The number of hydrogen-bond donors (Lipinski definition) is 2. The van der Waals surface area contributed by atoms with E-state index in [0.29, 0.717) is 13.0 Å². The SMILES string of the molecule is NC(=O)[C@@H]1CCCC[C@@H]1NC(=O)[C@H]1CCOc2ccccc21. The molecule has 3 atom stereocenters. The van der Waals surface area contributed by atoms with Crippen molar-refractivity contribution in [3.63, 3.8) is 0 Å². The van der Waals surface area contributed by atoms with Crippen LogP contribution in [0.1, 0.15) is 43.6 Å². The highest BCUT2D eigenvalue weighted by Gasteiger charge is 2.34. The minimum atomic E-state index is -0.308. The predicted molar refractivity (Wildman–Crippen MR) is 82.4 cm³/mol. The minimum absolute atomic E-state index is 0.0195. The molecule has 5 nitrogen and oxygen atoms in total. The second kappa shape index (κ2) is 6.38. The Bertz CT molecular complexity index is 573. The van der Waals surface area contributed by atoms with Crippen LogP contribution in [0.5, 0.6) is 5.75 Å². The molecule has 2 amide bonds. The Kier molecular flexibility index (Phi) is 4.32. The van der Waals surface area contributed by atoms with Crippen molar-refractivity contribution in [2.75, 3.05) is 6.61 Å². The standard InChI is InChI=1S/C17H22N2O3/c18-16(20)13-6-1-3-7-14(13)19-17(21)12-9-10-22-15-8-4-2-5-11(12)15/h2,4-5,8,12-14H,1,3,6-7,9-10H2,(H2,18,20)(H,19,21)/t12-,13+,14-/m0/s1. The van der Waals surface area contributed by atoms with Crippen molar-refractivity contribution in [1.82, 2.24) is 5.32 Å². The van der Waals surface area contributed by atoms with Crippen LogP contribution in [0.4, 0.5) is 0 Å². The molecular weight excluding hydrogens is 280 g/mol. The van der Waals surface area contributed by atoms with Gasteiger partial charge in [-0.2, -0.15) is 0 Å². The maximum absolute atomic E-state index is 12.7. The van der Waals surface area contributed by atoms with E-state index in [9.17, 15) is 9.59 Å². The van der Waals surface area contributed by atoms with Crippen LogP contribution in [-0.2, 0) is 9.59 Å². The second-order valence-corrected chi connectivity index (χ2v) is 6.14. The molecule has 22 heavy (non-hydrogen) atoms. The van der Waals surface area contributed by atoms with Gasteiger partial charge in [0.15, 0.2) is 0 Å². The van der Waals surface area contributed by atoms with Crippen LogP contribution in [0.3, 0.4) is 0 Å². The third kappa shape index (κ3) is 2.93. The number of nitrogens with one attached hydrogen (secondary N) is 1. The molecule has 1 aliphatic heterocycles. The molecule has 2 aliphatic rings. The Morgan fingerprint density at radius 3 is 2.73 bits per heavy atom.